The molecule has 1 aliphatic carbocycles. The third kappa shape index (κ3) is 2.69. The quantitative estimate of drug-likeness (QED) is 0.833. The number of hydrogen-bond donors (Lipinski definition) is 2. The minimum atomic E-state index is -0.632. The SMILES string of the molecule is CC1CCCC(CN)(C(O)c2cc(Br)c(Br)o2)C1. The summed E-state index contributed by atoms with van der Waals surface area (Å²) in [6, 6.07) is 1.82. The van der Waals surface area contributed by atoms with Gasteiger partial charge in [-0.05, 0) is 56.7 Å². The van der Waals surface area contributed by atoms with E-state index in [4.69, 9.17) is 10.2 Å². The average molecular weight is 381 g/mol. The fourth-order valence-electron chi connectivity index (χ4n) is 3.05. The van der Waals surface area contributed by atoms with E-state index >= 15 is 0 Å². The highest BCUT2D eigenvalue weighted by atomic mass is 79.9. The van der Waals surface area contributed by atoms with Crippen LogP contribution in [0.5, 0.6) is 0 Å². The van der Waals surface area contributed by atoms with Crippen LogP contribution in [0.15, 0.2) is 19.6 Å². The smallest absolute Gasteiger partial charge is 0.183 e. The second-order valence-electron chi connectivity index (χ2n) is 5.44. The maximum Gasteiger partial charge on any atom is 0.183 e. The van der Waals surface area contributed by atoms with E-state index in [-0.39, 0.29) is 5.41 Å². The molecule has 0 radical (unpaired) electrons. The Kier molecular flexibility index (Phi) is 4.57. The molecule has 1 fully saturated rings. The monoisotopic (exact) mass is 379 g/mol. The molecule has 2 rings (SSSR count). The van der Waals surface area contributed by atoms with Crippen LogP contribution < -0.4 is 5.73 Å². The third-order valence-corrected chi connectivity index (χ3v) is 5.76. The largest absolute Gasteiger partial charge is 0.450 e. The van der Waals surface area contributed by atoms with Crippen LogP contribution in [0.3, 0.4) is 0 Å². The Morgan fingerprint density at radius 2 is 2.33 bits per heavy atom. The molecular weight excluding hydrogens is 362 g/mol. The van der Waals surface area contributed by atoms with Gasteiger partial charge in [0.05, 0.1) is 4.47 Å². The predicted octanol–water partition coefficient (Wildman–Crippen LogP) is 3.99. The minimum absolute atomic E-state index is 0.242. The van der Waals surface area contributed by atoms with Crippen LogP contribution in [0.1, 0.15) is 44.5 Å². The Hall–Kier alpha value is 0.160. The van der Waals surface area contributed by atoms with E-state index in [0.29, 0.717) is 22.9 Å². The van der Waals surface area contributed by atoms with Gasteiger partial charge in [-0.1, -0.05) is 19.8 Å². The number of halogens is 2. The zero-order valence-electron chi connectivity index (χ0n) is 10.5. The zero-order valence-corrected chi connectivity index (χ0v) is 13.6. The van der Waals surface area contributed by atoms with Gasteiger partial charge in [0, 0.05) is 12.0 Å². The fraction of sp³-hybridized carbons (Fsp3) is 0.692. The van der Waals surface area contributed by atoms with E-state index in [2.05, 4.69) is 38.8 Å². The molecule has 18 heavy (non-hydrogen) atoms. The standard InChI is InChI=1S/C13H19Br2NO2/c1-8-3-2-4-13(6-8,7-16)11(17)10-5-9(14)12(15)18-10/h5,8,11,17H,2-4,6-7,16H2,1H3. The molecule has 1 aliphatic rings. The highest BCUT2D eigenvalue weighted by Gasteiger charge is 2.42. The van der Waals surface area contributed by atoms with Crippen molar-refractivity contribution in [1.29, 1.82) is 0 Å². The molecule has 0 aromatic carbocycles. The summed E-state index contributed by atoms with van der Waals surface area (Å²) < 4.78 is 7.00. The Morgan fingerprint density at radius 1 is 1.61 bits per heavy atom. The lowest BCUT2D eigenvalue weighted by atomic mass is 9.66. The zero-order chi connectivity index (χ0) is 13.3. The van der Waals surface area contributed by atoms with Gasteiger partial charge in [0.1, 0.15) is 11.9 Å². The number of hydrogen-bond acceptors (Lipinski definition) is 3. The van der Waals surface area contributed by atoms with Gasteiger partial charge in [-0.25, -0.2) is 0 Å². The fourth-order valence-corrected chi connectivity index (χ4v) is 3.65. The van der Waals surface area contributed by atoms with Crippen molar-refractivity contribution in [3.05, 3.63) is 21.0 Å². The molecule has 1 heterocycles. The first-order chi connectivity index (χ1) is 8.48. The van der Waals surface area contributed by atoms with Crippen molar-refractivity contribution < 1.29 is 9.52 Å². The highest BCUT2D eigenvalue weighted by Crippen LogP contribution is 2.48. The van der Waals surface area contributed by atoms with Crippen LogP contribution >= 0.6 is 31.9 Å². The molecule has 5 heteroatoms. The molecule has 3 N–H and O–H groups in total. The Bertz CT molecular complexity index is 402. The molecule has 0 spiro atoms. The second-order valence-corrected chi connectivity index (χ2v) is 7.02. The lowest BCUT2D eigenvalue weighted by molar-refractivity contribution is -0.0260. The van der Waals surface area contributed by atoms with Gasteiger partial charge >= 0.3 is 0 Å². The van der Waals surface area contributed by atoms with E-state index in [1.54, 1.807) is 0 Å². The van der Waals surface area contributed by atoms with Crippen molar-refractivity contribution in [1.82, 2.24) is 0 Å². The summed E-state index contributed by atoms with van der Waals surface area (Å²) >= 11 is 6.68. The summed E-state index contributed by atoms with van der Waals surface area (Å²) in [4.78, 5) is 0. The Labute approximate surface area is 124 Å². The summed E-state index contributed by atoms with van der Waals surface area (Å²) in [7, 11) is 0. The number of nitrogens with two attached hydrogens (primary N) is 1. The molecule has 3 unspecified atom stereocenters. The van der Waals surface area contributed by atoms with Crippen molar-refractivity contribution in [2.75, 3.05) is 6.54 Å². The van der Waals surface area contributed by atoms with Gasteiger partial charge in [0.2, 0.25) is 0 Å². The molecular formula is C13H19Br2NO2. The van der Waals surface area contributed by atoms with Gasteiger partial charge < -0.3 is 15.3 Å². The normalized spacial score (nSPS) is 30.4. The topological polar surface area (TPSA) is 59.4 Å². The number of rotatable bonds is 3. The molecule has 1 saturated carbocycles. The average Bonchev–Trinajstić information content (AvgIpc) is 2.68. The molecule has 3 nitrogen and oxygen atoms in total. The summed E-state index contributed by atoms with van der Waals surface area (Å²) in [6.45, 7) is 2.72. The first kappa shape index (κ1) is 14.6. The third-order valence-electron chi connectivity index (χ3n) is 4.05. The van der Waals surface area contributed by atoms with Crippen molar-refractivity contribution in [3.8, 4) is 0 Å². The minimum Gasteiger partial charge on any atom is -0.450 e. The van der Waals surface area contributed by atoms with Crippen LogP contribution in [0.4, 0.5) is 0 Å². The molecule has 102 valence electrons. The van der Waals surface area contributed by atoms with E-state index in [0.717, 1.165) is 23.7 Å². The first-order valence-electron chi connectivity index (χ1n) is 6.31. The summed E-state index contributed by atoms with van der Waals surface area (Å²) in [5, 5.41) is 10.6. The first-order valence-corrected chi connectivity index (χ1v) is 7.90. The molecule has 3 atom stereocenters. The number of aliphatic hydroxyl groups is 1. The number of furan rings is 1. The number of aliphatic hydroxyl groups excluding tert-OH is 1. The van der Waals surface area contributed by atoms with Gasteiger partial charge in [-0.3, -0.25) is 0 Å². The van der Waals surface area contributed by atoms with Gasteiger partial charge in [0.25, 0.3) is 0 Å². The Morgan fingerprint density at radius 3 is 2.83 bits per heavy atom. The van der Waals surface area contributed by atoms with Crippen molar-refractivity contribution >= 4 is 31.9 Å². The maximum atomic E-state index is 10.6. The Balaban J connectivity index is 2.26. The van der Waals surface area contributed by atoms with Crippen LogP contribution in [0.25, 0.3) is 0 Å². The van der Waals surface area contributed by atoms with Crippen LogP contribution in [-0.2, 0) is 0 Å². The van der Waals surface area contributed by atoms with E-state index < -0.39 is 6.10 Å². The van der Waals surface area contributed by atoms with Gasteiger partial charge in [0.15, 0.2) is 4.67 Å². The van der Waals surface area contributed by atoms with E-state index in [9.17, 15) is 5.11 Å². The van der Waals surface area contributed by atoms with Crippen molar-refractivity contribution in [3.63, 3.8) is 0 Å². The molecule has 1 aromatic rings. The van der Waals surface area contributed by atoms with Gasteiger partial charge in [-0.2, -0.15) is 0 Å². The van der Waals surface area contributed by atoms with Gasteiger partial charge in [-0.15, -0.1) is 0 Å². The van der Waals surface area contributed by atoms with Crippen molar-refractivity contribution in [2.45, 2.75) is 38.7 Å². The summed E-state index contributed by atoms with van der Waals surface area (Å²) in [6.07, 6.45) is 3.64. The predicted molar refractivity (Wildman–Crippen MR) is 78.2 cm³/mol. The molecule has 0 saturated heterocycles. The molecule has 0 bridgehead atoms. The molecule has 1 aromatic heterocycles. The maximum absolute atomic E-state index is 10.6. The van der Waals surface area contributed by atoms with E-state index in [1.807, 2.05) is 6.07 Å². The lowest BCUT2D eigenvalue weighted by Crippen LogP contribution is -2.40. The second kappa shape index (κ2) is 5.65. The molecule has 0 aliphatic heterocycles. The van der Waals surface area contributed by atoms with Crippen LogP contribution in [0.2, 0.25) is 0 Å². The van der Waals surface area contributed by atoms with Crippen LogP contribution in [0, 0.1) is 11.3 Å². The highest BCUT2D eigenvalue weighted by molar-refractivity contribution is 9.13. The summed E-state index contributed by atoms with van der Waals surface area (Å²) in [5.74, 6) is 1.20. The lowest BCUT2D eigenvalue weighted by Gasteiger charge is -2.41. The van der Waals surface area contributed by atoms with E-state index in [1.165, 1.54) is 6.42 Å². The summed E-state index contributed by atoms with van der Waals surface area (Å²) in [5.41, 5.74) is 5.72. The van der Waals surface area contributed by atoms with Crippen LogP contribution in [-0.4, -0.2) is 11.7 Å². The molecule has 0 amide bonds. The van der Waals surface area contributed by atoms with Crippen molar-refractivity contribution in [2.24, 2.45) is 17.1 Å².